The lowest BCUT2D eigenvalue weighted by Gasteiger charge is -2.10. The standard InChI is InChI=1S/C13H16N4O/c1-15-13(18)5-7-17-12-3-2-11(14)9-4-6-16-8-10(9)12/h2-4,6,8,17H,5,7,14H2,1H3,(H,15,18). The van der Waals surface area contributed by atoms with E-state index in [1.165, 1.54) is 0 Å². The van der Waals surface area contributed by atoms with Gasteiger partial charge in [-0.05, 0) is 18.2 Å². The SMILES string of the molecule is CNC(=O)CCNc1ccc(N)c2ccncc12. The van der Waals surface area contributed by atoms with Crippen molar-refractivity contribution in [2.45, 2.75) is 6.42 Å². The van der Waals surface area contributed by atoms with E-state index in [0.717, 1.165) is 22.1 Å². The molecule has 0 spiro atoms. The molecule has 0 aliphatic heterocycles. The molecule has 0 saturated heterocycles. The zero-order chi connectivity index (χ0) is 13.0. The summed E-state index contributed by atoms with van der Waals surface area (Å²) in [4.78, 5) is 15.2. The first-order valence-electron chi connectivity index (χ1n) is 5.79. The van der Waals surface area contributed by atoms with Gasteiger partial charge in [0, 0.05) is 54.6 Å². The number of pyridine rings is 1. The van der Waals surface area contributed by atoms with E-state index >= 15 is 0 Å². The van der Waals surface area contributed by atoms with E-state index < -0.39 is 0 Å². The van der Waals surface area contributed by atoms with Crippen LogP contribution in [0.4, 0.5) is 11.4 Å². The summed E-state index contributed by atoms with van der Waals surface area (Å²) >= 11 is 0. The fraction of sp³-hybridized carbons (Fsp3) is 0.231. The Morgan fingerprint density at radius 1 is 1.33 bits per heavy atom. The smallest absolute Gasteiger partial charge is 0.221 e. The number of rotatable bonds is 4. The second-order valence-electron chi connectivity index (χ2n) is 3.97. The summed E-state index contributed by atoms with van der Waals surface area (Å²) in [6.07, 6.45) is 3.92. The molecule has 0 fully saturated rings. The lowest BCUT2D eigenvalue weighted by atomic mass is 10.1. The highest BCUT2D eigenvalue weighted by molar-refractivity contribution is 6.00. The molecule has 5 nitrogen and oxygen atoms in total. The number of carbonyl (C=O) groups is 1. The van der Waals surface area contributed by atoms with Crippen LogP contribution in [0.15, 0.2) is 30.6 Å². The van der Waals surface area contributed by atoms with Gasteiger partial charge in [-0.1, -0.05) is 0 Å². The molecule has 0 bridgehead atoms. The van der Waals surface area contributed by atoms with Crippen molar-refractivity contribution in [3.63, 3.8) is 0 Å². The van der Waals surface area contributed by atoms with Crippen LogP contribution in [0.25, 0.3) is 10.8 Å². The molecule has 2 rings (SSSR count). The first-order chi connectivity index (χ1) is 8.72. The monoisotopic (exact) mass is 244 g/mol. The third-order valence-electron chi connectivity index (χ3n) is 2.80. The van der Waals surface area contributed by atoms with Crippen molar-refractivity contribution in [3.8, 4) is 0 Å². The Morgan fingerprint density at radius 2 is 2.17 bits per heavy atom. The summed E-state index contributed by atoms with van der Waals surface area (Å²) in [6, 6.07) is 5.64. The molecule has 0 saturated carbocycles. The van der Waals surface area contributed by atoms with Crippen molar-refractivity contribution in [3.05, 3.63) is 30.6 Å². The van der Waals surface area contributed by atoms with Gasteiger partial charge in [-0.3, -0.25) is 9.78 Å². The normalized spacial score (nSPS) is 10.3. The van der Waals surface area contributed by atoms with Crippen LogP contribution in [0.1, 0.15) is 6.42 Å². The van der Waals surface area contributed by atoms with Crippen molar-refractivity contribution in [1.82, 2.24) is 10.3 Å². The van der Waals surface area contributed by atoms with Crippen LogP contribution in [0, 0.1) is 0 Å². The van der Waals surface area contributed by atoms with Gasteiger partial charge in [0.25, 0.3) is 0 Å². The average molecular weight is 244 g/mol. The molecule has 5 heteroatoms. The zero-order valence-electron chi connectivity index (χ0n) is 10.2. The number of aromatic nitrogens is 1. The maximum absolute atomic E-state index is 11.1. The van der Waals surface area contributed by atoms with Crippen LogP contribution in [0.3, 0.4) is 0 Å². The molecule has 1 aromatic carbocycles. The van der Waals surface area contributed by atoms with E-state index in [0.29, 0.717) is 13.0 Å². The van der Waals surface area contributed by atoms with E-state index in [4.69, 9.17) is 5.73 Å². The number of nitrogens with zero attached hydrogens (tertiary/aromatic N) is 1. The Labute approximate surface area is 105 Å². The molecule has 0 aliphatic carbocycles. The third kappa shape index (κ3) is 2.51. The van der Waals surface area contributed by atoms with Crippen molar-refractivity contribution in [1.29, 1.82) is 0 Å². The van der Waals surface area contributed by atoms with Crippen LogP contribution in [-0.2, 0) is 4.79 Å². The van der Waals surface area contributed by atoms with Gasteiger partial charge in [0.15, 0.2) is 0 Å². The van der Waals surface area contributed by atoms with Gasteiger partial charge in [0.05, 0.1) is 0 Å². The largest absolute Gasteiger partial charge is 0.398 e. The van der Waals surface area contributed by atoms with E-state index in [1.54, 1.807) is 19.4 Å². The minimum atomic E-state index is 0.0142. The van der Waals surface area contributed by atoms with Crippen LogP contribution in [0.2, 0.25) is 0 Å². The average Bonchev–Trinajstić information content (AvgIpc) is 2.41. The number of fused-ring (bicyclic) bond motifs is 1. The van der Waals surface area contributed by atoms with Crippen molar-refractivity contribution >= 4 is 28.1 Å². The fourth-order valence-electron chi connectivity index (χ4n) is 1.80. The highest BCUT2D eigenvalue weighted by Crippen LogP contribution is 2.27. The molecular weight excluding hydrogens is 228 g/mol. The zero-order valence-corrected chi connectivity index (χ0v) is 10.2. The van der Waals surface area contributed by atoms with E-state index in [2.05, 4.69) is 15.6 Å². The molecule has 18 heavy (non-hydrogen) atoms. The minimum Gasteiger partial charge on any atom is -0.398 e. The summed E-state index contributed by atoms with van der Waals surface area (Å²) in [5.74, 6) is 0.0142. The van der Waals surface area contributed by atoms with Gasteiger partial charge < -0.3 is 16.4 Å². The maximum atomic E-state index is 11.1. The highest BCUT2D eigenvalue weighted by Gasteiger charge is 2.04. The van der Waals surface area contributed by atoms with Gasteiger partial charge in [0.1, 0.15) is 0 Å². The molecule has 0 aliphatic rings. The molecule has 1 amide bonds. The summed E-state index contributed by atoms with van der Waals surface area (Å²) < 4.78 is 0. The van der Waals surface area contributed by atoms with Crippen LogP contribution < -0.4 is 16.4 Å². The highest BCUT2D eigenvalue weighted by atomic mass is 16.1. The first kappa shape index (κ1) is 12.2. The van der Waals surface area contributed by atoms with Gasteiger partial charge in [-0.15, -0.1) is 0 Å². The Balaban J connectivity index is 2.18. The fourth-order valence-corrected chi connectivity index (χ4v) is 1.80. The van der Waals surface area contributed by atoms with Crippen LogP contribution in [0.5, 0.6) is 0 Å². The Morgan fingerprint density at radius 3 is 2.94 bits per heavy atom. The van der Waals surface area contributed by atoms with E-state index in [-0.39, 0.29) is 5.91 Å². The molecule has 4 N–H and O–H groups in total. The molecule has 0 unspecified atom stereocenters. The predicted molar refractivity (Wildman–Crippen MR) is 73.3 cm³/mol. The number of hydrogen-bond acceptors (Lipinski definition) is 4. The summed E-state index contributed by atoms with van der Waals surface area (Å²) in [6.45, 7) is 0.577. The molecular formula is C13H16N4O. The number of hydrogen-bond donors (Lipinski definition) is 3. The molecule has 0 radical (unpaired) electrons. The van der Waals surface area contributed by atoms with E-state index in [1.807, 2.05) is 18.2 Å². The molecule has 94 valence electrons. The number of benzene rings is 1. The lowest BCUT2D eigenvalue weighted by molar-refractivity contribution is -0.120. The van der Waals surface area contributed by atoms with Gasteiger partial charge in [-0.25, -0.2) is 0 Å². The van der Waals surface area contributed by atoms with Gasteiger partial charge in [-0.2, -0.15) is 0 Å². The molecule has 1 heterocycles. The quantitative estimate of drug-likeness (QED) is 0.709. The van der Waals surface area contributed by atoms with Gasteiger partial charge >= 0.3 is 0 Å². The predicted octanol–water partition coefficient (Wildman–Crippen LogP) is 1.36. The number of carbonyl (C=O) groups excluding carboxylic acids is 1. The van der Waals surface area contributed by atoms with Gasteiger partial charge in [0.2, 0.25) is 5.91 Å². The Hall–Kier alpha value is -2.30. The van der Waals surface area contributed by atoms with Crippen molar-refractivity contribution in [2.75, 3.05) is 24.6 Å². The number of amides is 1. The Kier molecular flexibility index (Phi) is 3.62. The molecule has 2 aromatic rings. The number of nitrogens with one attached hydrogen (secondary N) is 2. The summed E-state index contributed by atoms with van der Waals surface area (Å²) in [5, 5.41) is 7.74. The second-order valence-corrected chi connectivity index (χ2v) is 3.97. The number of nitrogen functional groups attached to an aromatic ring is 1. The van der Waals surface area contributed by atoms with Crippen LogP contribution >= 0.6 is 0 Å². The summed E-state index contributed by atoms with van der Waals surface area (Å²) in [7, 11) is 1.63. The maximum Gasteiger partial charge on any atom is 0.221 e. The van der Waals surface area contributed by atoms with E-state index in [9.17, 15) is 4.79 Å². The molecule has 1 aromatic heterocycles. The van der Waals surface area contributed by atoms with Crippen LogP contribution in [-0.4, -0.2) is 24.5 Å². The van der Waals surface area contributed by atoms with Crippen molar-refractivity contribution in [2.24, 2.45) is 0 Å². The lowest BCUT2D eigenvalue weighted by Crippen LogP contribution is -2.20. The minimum absolute atomic E-state index is 0.0142. The summed E-state index contributed by atoms with van der Waals surface area (Å²) in [5.41, 5.74) is 7.57. The van der Waals surface area contributed by atoms with Crippen molar-refractivity contribution < 1.29 is 4.79 Å². The first-order valence-corrected chi connectivity index (χ1v) is 5.79. The number of anilines is 2. The number of nitrogens with two attached hydrogens (primary N) is 1. The third-order valence-corrected chi connectivity index (χ3v) is 2.80. The Bertz CT molecular complexity index is 568. The topological polar surface area (TPSA) is 80.0 Å². The second kappa shape index (κ2) is 5.35. The molecule has 0 atom stereocenters.